The van der Waals surface area contributed by atoms with Gasteiger partial charge in [0, 0.05) is 18.7 Å². The van der Waals surface area contributed by atoms with Crippen molar-refractivity contribution in [3.05, 3.63) is 0 Å². The smallest absolute Gasteiger partial charge is 0.147 e. The van der Waals surface area contributed by atoms with Crippen molar-refractivity contribution in [2.24, 2.45) is 11.7 Å². The summed E-state index contributed by atoms with van der Waals surface area (Å²) in [5, 5.41) is 0. The zero-order valence-electron chi connectivity index (χ0n) is 8.10. The Morgan fingerprint density at radius 3 is 2.57 bits per heavy atom. The third-order valence-electron chi connectivity index (χ3n) is 2.26. The monoisotopic (exact) mass is 221 g/mol. The summed E-state index contributed by atoms with van der Waals surface area (Å²) in [4.78, 5) is 11.5. The number of Topliss-reactive ketones (excluding diaryl/α,β-unsaturated/α-hetero) is 1. The molecule has 2 N–H and O–H groups in total. The van der Waals surface area contributed by atoms with Gasteiger partial charge in [0.05, 0.1) is 24.9 Å². The fourth-order valence-electron chi connectivity index (χ4n) is 1.37. The van der Waals surface area contributed by atoms with E-state index in [0.717, 1.165) is 6.26 Å². The zero-order valence-corrected chi connectivity index (χ0v) is 8.92. The van der Waals surface area contributed by atoms with Gasteiger partial charge < -0.3 is 10.5 Å². The number of rotatable bonds is 4. The van der Waals surface area contributed by atoms with E-state index < -0.39 is 9.84 Å². The zero-order chi connectivity index (χ0) is 10.8. The number of hydrogen-bond acceptors (Lipinski definition) is 5. The molecular weight excluding hydrogens is 206 g/mol. The number of carbonyl (C=O) groups is 1. The van der Waals surface area contributed by atoms with Crippen molar-refractivity contribution in [1.29, 1.82) is 0 Å². The van der Waals surface area contributed by atoms with E-state index in [1.54, 1.807) is 0 Å². The molecule has 6 heteroatoms. The molecule has 1 aliphatic heterocycles. The van der Waals surface area contributed by atoms with Crippen molar-refractivity contribution in [3.8, 4) is 0 Å². The minimum absolute atomic E-state index is 0.0422. The molecule has 1 rings (SSSR count). The molecule has 0 radical (unpaired) electrons. The second-order valence-electron chi connectivity index (χ2n) is 3.65. The number of sulfone groups is 1. The van der Waals surface area contributed by atoms with Crippen molar-refractivity contribution in [2.45, 2.75) is 12.5 Å². The Labute approximate surface area is 83.5 Å². The van der Waals surface area contributed by atoms with Crippen LogP contribution >= 0.6 is 0 Å². The number of carbonyl (C=O) groups excluding carboxylic acids is 1. The number of nitrogens with two attached hydrogens (primary N) is 1. The van der Waals surface area contributed by atoms with Gasteiger partial charge in [-0.3, -0.25) is 4.79 Å². The lowest BCUT2D eigenvalue weighted by molar-refractivity contribution is -0.122. The summed E-state index contributed by atoms with van der Waals surface area (Å²) in [6.45, 7) is 0.707. The fourth-order valence-corrected chi connectivity index (χ4v) is 1.95. The molecule has 0 aliphatic carbocycles. The lowest BCUT2D eigenvalue weighted by Crippen LogP contribution is -2.34. The average Bonchev–Trinajstić information content (AvgIpc) is 2.46. The molecule has 0 spiro atoms. The van der Waals surface area contributed by atoms with Crippen LogP contribution in [0.2, 0.25) is 0 Å². The maximum Gasteiger partial charge on any atom is 0.147 e. The molecule has 1 heterocycles. The number of hydrogen-bond donors (Lipinski definition) is 1. The molecule has 0 aromatic carbocycles. The Balaban J connectivity index is 2.42. The molecule has 0 amide bonds. The van der Waals surface area contributed by atoms with E-state index in [-0.39, 0.29) is 29.9 Å². The molecule has 0 saturated carbocycles. The van der Waals surface area contributed by atoms with Crippen molar-refractivity contribution in [3.63, 3.8) is 0 Å². The first kappa shape index (κ1) is 11.6. The molecule has 1 aliphatic rings. The van der Waals surface area contributed by atoms with E-state index in [1.165, 1.54) is 0 Å². The van der Waals surface area contributed by atoms with Gasteiger partial charge in [-0.2, -0.15) is 0 Å². The van der Waals surface area contributed by atoms with Crippen LogP contribution in [0.3, 0.4) is 0 Å². The lowest BCUT2D eigenvalue weighted by Gasteiger charge is -2.10. The minimum atomic E-state index is -3.07. The molecule has 82 valence electrons. The summed E-state index contributed by atoms with van der Waals surface area (Å²) in [5.41, 5.74) is 5.62. The first-order chi connectivity index (χ1) is 6.40. The molecule has 5 nitrogen and oxygen atoms in total. The second kappa shape index (κ2) is 4.37. The Morgan fingerprint density at radius 2 is 2.14 bits per heavy atom. The minimum Gasteiger partial charge on any atom is -0.379 e. The van der Waals surface area contributed by atoms with E-state index in [0.29, 0.717) is 13.2 Å². The van der Waals surface area contributed by atoms with E-state index in [4.69, 9.17) is 10.5 Å². The highest BCUT2D eigenvalue weighted by molar-refractivity contribution is 7.90. The Bertz CT molecular complexity index is 311. The van der Waals surface area contributed by atoms with Crippen LogP contribution < -0.4 is 5.73 Å². The highest BCUT2D eigenvalue weighted by atomic mass is 32.2. The third kappa shape index (κ3) is 3.36. The average molecular weight is 221 g/mol. The molecule has 0 bridgehead atoms. The maximum absolute atomic E-state index is 11.5. The van der Waals surface area contributed by atoms with Crippen LogP contribution in [0.25, 0.3) is 0 Å². The second-order valence-corrected chi connectivity index (χ2v) is 5.91. The topological polar surface area (TPSA) is 86.5 Å². The van der Waals surface area contributed by atoms with Crippen LogP contribution in [0.15, 0.2) is 0 Å². The molecule has 0 aromatic rings. The summed E-state index contributed by atoms with van der Waals surface area (Å²) < 4.78 is 26.7. The number of ketones is 1. The van der Waals surface area contributed by atoms with Crippen molar-refractivity contribution >= 4 is 15.6 Å². The Hall–Kier alpha value is -0.460. The standard InChI is InChI=1S/C8H15NO4S/c1-14(11,12)3-2-8(10)6-4-13-5-7(6)9/h6-7H,2-5,9H2,1H3. The van der Waals surface area contributed by atoms with E-state index in [2.05, 4.69) is 0 Å². The molecule has 14 heavy (non-hydrogen) atoms. The molecule has 2 atom stereocenters. The van der Waals surface area contributed by atoms with Gasteiger partial charge in [0.1, 0.15) is 15.6 Å². The summed E-state index contributed by atoms with van der Waals surface area (Å²) in [7, 11) is -3.07. The Kier molecular flexibility index (Phi) is 3.63. The summed E-state index contributed by atoms with van der Waals surface area (Å²) in [6.07, 6.45) is 1.16. The predicted molar refractivity (Wildman–Crippen MR) is 51.6 cm³/mol. The number of ether oxygens (including phenoxy) is 1. The van der Waals surface area contributed by atoms with Crippen LogP contribution in [0.1, 0.15) is 6.42 Å². The van der Waals surface area contributed by atoms with Crippen molar-refractivity contribution < 1.29 is 17.9 Å². The van der Waals surface area contributed by atoms with Gasteiger partial charge in [-0.25, -0.2) is 8.42 Å². The summed E-state index contributed by atoms with van der Waals surface area (Å²) in [5.74, 6) is -0.535. The Morgan fingerprint density at radius 1 is 1.50 bits per heavy atom. The molecule has 2 unspecified atom stereocenters. The SMILES string of the molecule is CS(=O)(=O)CCC(=O)C1COCC1N. The summed E-state index contributed by atoms with van der Waals surface area (Å²) >= 11 is 0. The van der Waals surface area contributed by atoms with E-state index in [9.17, 15) is 13.2 Å². The van der Waals surface area contributed by atoms with E-state index >= 15 is 0 Å². The van der Waals surface area contributed by atoms with Gasteiger partial charge in [0.2, 0.25) is 0 Å². The van der Waals surface area contributed by atoms with Crippen LogP contribution in [0.5, 0.6) is 0 Å². The van der Waals surface area contributed by atoms with Gasteiger partial charge in [0.15, 0.2) is 0 Å². The van der Waals surface area contributed by atoms with Crippen LogP contribution in [0.4, 0.5) is 0 Å². The maximum atomic E-state index is 11.5. The molecule has 0 aromatic heterocycles. The van der Waals surface area contributed by atoms with Crippen LogP contribution in [-0.2, 0) is 19.4 Å². The van der Waals surface area contributed by atoms with Gasteiger partial charge in [-0.05, 0) is 0 Å². The molecule has 1 fully saturated rings. The van der Waals surface area contributed by atoms with Crippen molar-refractivity contribution in [2.75, 3.05) is 25.2 Å². The first-order valence-electron chi connectivity index (χ1n) is 4.44. The van der Waals surface area contributed by atoms with Gasteiger partial charge in [-0.15, -0.1) is 0 Å². The largest absolute Gasteiger partial charge is 0.379 e. The molecular formula is C8H15NO4S. The normalized spacial score (nSPS) is 27.9. The quantitative estimate of drug-likeness (QED) is 0.655. The van der Waals surface area contributed by atoms with Crippen LogP contribution in [0, 0.1) is 5.92 Å². The van der Waals surface area contributed by atoms with Gasteiger partial charge >= 0.3 is 0 Å². The predicted octanol–water partition coefficient (Wildman–Crippen LogP) is -1.04. The van der Waals surface area contributed by atoms with Gasteiger partial charge in [-0.1, -0.05) is 0 Å². The highest BCUT2D eigenvalue weighted by Crippen LogP contribution is 2.14. The van der Waals surface area contributed by atoms with E-state index in [1.807, 2.05) is 0 Å². The fraction of sp³-hybridized carbons (Fsp3) is 0.875. The first-order valence-corrected chi connectivity index (χ1v) is 6.50. The van der Waals surface area contributed by atoms with Gasteiger partial charge in [0.25, 0.3) is 0 Å². The lowest BCUT2D eigenvalue weighted by atomic mass is 9.98. The van der Waals surface area contributed by atoms with Crippen LogP contribution in [-0.4, -0.2) is 45.5 Å². The highest BCUT2D eigenvalue weighted by Gasteiger charge is 2.31. The summed E-state index contributed by atoms with van der Waals surface area (Å²) in [6, 6.07) is -0.276. The van der Waals surface area contributed by atoms with Crippen molar-refractivity contribution in [1.82, 2.24) is 0 Å². The third-order valence-corrected chi connectivity index (χ3v) is 3.20. The molecule has 1 saturated heterocycles.